The van der Waals surface area contributed by atoms with Gasteiger partial charge in [-0.15, -0.1) is 0 Å². The van der Waals surface area contributed by atoms with Gasteiger partial charge in [0.05, 0.1) is 6.61 Å². The summed E-state index contributed by atoms with van der Waals surface area (Å²) in [7, 11) is 0. The molecule has 1 amide bonds. The van der Waals surface area contributed by atoms with Gasteiger partial charge < -0.3 is 10.1 Å². The average molecular weight is 253 g/mol. The minimum absolute atomic E-state index is 0.0476. The summed E-state index contributed by atoms with van der Waals surface area (Å²) in [5.74, 6) is -0.0240. The fourth-order valence-electron chi connectivity index (χ4n) is 1.14. The molecule has 0 spiro atoms. The van der Waals surface area contributed by atoms with Gasteiger partial charge in [0.25, 0.3) is 0 Å². The van der Waals surface area contributed by atoms with Crippen molar-refractivity contribution in [1.82, 2.24) is 5.32 Å². The van der Waals surface area contributed by atoms with Crippen LogP contribution in [0.3, 0.4) is 0 Å². The fraction of sp³-hybridized carbons (Fsp3) is 0.727. The number of nitrogens with one attached hydrogen (secondary N) is 1. The molecule has 0 fully saturated rings. The molecule has 0 saturated carbocycles. The summed E-state index contributed by atoms with van der Waals surface area (Å²) in [6, 6.07) is 0. The Morgan fingerprint density at radius 2 is 2.00 bits per heavy atom. The molecule has 0 aliphatic heterocycles. The van der Waals surface area contributed by atoms with E-state index in [0.717, 1.165) is 0 Å². The van der Waals surface area contributed by atoms with Gasteiger partial charge in [-0.25, -0.2) is 0 Å². The molecular weight excluding hydrogens is 235 g/mol. The number of carbonyl (C=O) groups excluding carboxylic acids is 1. The Balaban J connectivity index is 3.62. The van der Waals surface area contributed by atoms with Gasteiger partial charge in [0, 0.05) is 12.1 Å². The van der Waals surface area contributed by atoms with Crippen molar-refractivity contribution in [2.45, 2.75) is 26.4 Å². The van der Waals surface area contributed by atoms with Crippen LogP contribution in [0.25, 0.3) is 0 Å². The molecule has 0 aliphatic rings. The average Bonchev–Trinajstić information content (AvgIpc) is 2.13. The van der Waals surface area contributed by atoms with Crippen LogP contribution in [-0.2, 0) is 9.53 Å². The first-order chi connectivity index (χ1) is 7.72. The largest absolute Gasteiger partial charge is 0.411 e. The Morgan fingerprint density at radius 3 is 2.47 bits per heavy atom. The molecule has 3 nitrogen and oxygen atoms in total. The third kappa shape index (κ3) is 9.86. The van der Waals surface area contributed by atoms with Crippen LogP contribution in [0, 0.1) is 5.92 Å². The summed E-state index contributed by atoms with van der Waals surface area (Å²) in [6.07, 6.45) is -3.76. The third-order valence-electron chi connectivity index (χ3n) is 1.77. The van der Waals surface area contributed by atoms with E-state index < -0.39 is 12.8 Å². The Hall–Kier alpha value is -1.04. The second-order valence-electron chi connectivity index (χ2n) is 4.13. The van der Waals surface area contributed by atoms with E-state index in [1.807, 2.05) is 13.8 Å². The van der Waals surface area contributed by atoms with E-state index in [1.165, 1.54) is 0 Å². The number of hydrogen-bond acceptors (Lipinski definition) is 2. The summed E-state index contributed by atoms with van der Waals surface area (Å²) in [4.78, 5) is 11.4. The number of halogens is 3. The highest BCUT2D eigenvalue weighted by molar-refractivity contribution is 5.92. The van der Waals surface area contributed by atoms with Crippen LogP contribution in [0.4, 0.5) is 13.2 Å². The van der Waals surface area contributed by atoms with Crippen LogP contribution in [0.15, 0.2) is 12.2 Å². The quantitative estimate of drug-likeness (QED) is 0.558. The molecule has 0 bridgehead atoms. The van der Waals surface area contributed by atoms with E-state index in [1.54, 1.807) is 0 Å². The molecule has 0 heterocycles. The van der Waals surface area contributed by atoms with Crippen molar-refractivity contribution in [2.24, 2.45) is 5.92 Å². The Bertz CT molecular complexity index is 262. The maximum atomic E-state index is 11.7. The van der Waals surface area contributed by atoms with Crippen LogP contribution in [0.5, 0.6) is 0 Å². The van der Waals surface area contributed by atoms with E-state index in [0.29, 0.717) is 17.9 Å². The van der Waals surface area contributed by atoms with Crippen molar-refractivity contribution in [3.8, 4) is 0 Å². The minimum atomic E-state index is -4.33. The molecule has 0 saturated heterocycles. The number of ether oxygens (including phenoxy) is 1. The lowest BCUT2D eigenvalue weighted by atomic mass is 10.0. The number of alkyl halides is 3. The van der Waals surface area contributed by atoms with Crippen molar-refractivity contribution in [3.63, 3.8) is 0 Å². The smallest absolute Gasteiger partial charge is 0.370 e. The lowest BCUT2D eigenvalue weighted by Crippen LogP contribution is -2.30. The molecule has 0 aromatic rings. The van der Waals surface area contributed by atoms with E-state index in [9.17, 15) is 18.0 Å². The van der Waals surface area contributed by atoms with E-state index in [2.05, 4.69) is 16.6 Å². The van der Waals surface area contributed by atoms with Gasteiger partial charge >= 0.3 is 6.18 Å². The number of rotatable bonds is 7. The van der Waals surface area contributed by atoms with Crippen molar-refractivity contribution >= 4 is 5.91 Å². The number of amides is 1. The van der Waals surface area contributed by atoms with Crippen molar-refractivity contribution in [1.29, 1.82) is 0 Å². The highest BCUT2D eigenvalue weighted by Gasteiger charge is 2.27. The monoisotopic (exact) mass is 253 g/mol. The van der Waals surface area contributed by atoms with Gasteiger partial charge in [-0.05, 0) is 12.3 Å². The second-order valence-corrected chi connectivity index (χ2v) is 4.13. The molecule has 100 valence electrons. The molecule has 0 aliphatic carbocycles. The normalized spacial score (nSPS) is 11.6. The van der Waals surface area contributed by atoms with Gasteiger partial charge in [0.15, 0.2) is 0 Å². The zero-order valence-corrected chi connectivity index (χ0v) is 10.1. The Labute approximate surface area is 99.0 Å². The van der Waals surface area contributed by atoms with Crippen LogP contribution in [-0.4, -0.2) is 31.8 Å². The highest BCUT2D eigenvalue weighted by Crippen LogP contribution is 2.14. The number of carbonyl (C=O) groups is 1. The predicted molar refractivity (Wildman–Crippen MR) is 58.5 cm³/mol. The maximum absolute atomic E-state index is 11.7. The van der Waals surface area contributed by atoms with Gasteiger partial charge in [0.2, 0.25) is 5.91 Å². The fourth-order valence-corrected chi connectivity index (χ4v) is 1.14. The van der Waals surface area contributed by atoms with Gasteiger partial charge in [-0.1, -0.05) is 20.4 Å². The summed E-state index contributed by atoms with van der Waals surface area (Å²) in [6.45, 7) is 6.08. The predicted octanol–water partition coefficient (Wildman–Crippen LogP) is 2.28. The first kappa shape index (κ1) is 16.0. The van der Waals surface area contributed by atoms with Gasteiger partial charge in [-0.3, -0.25) is 4.79 Å². The molecule has 0 radical (unpaired) electrons. The van der Waals surface area contributed by atoms with Crippen LogP contribution >= 0.6 is 0 Å². The SMILES string of the molecule is C=C(CC(C)C)C(=O)NCCOCC(F)(F)F. The lowest BCUT2D eigenvalue weighted by Gasteiger charge is -2.10. The second kappa shape index (κ2) is 7.32. The van der Waals surface area contributed by atoms with Crippen molar-refractivity contribution in [3.05, 3.63) is 12.2 Å². The lowest BCUT2D eigenvalue weighted by molar-refractivity contribution is -0.173. The Morgan fingerprint density at radius 1 is 1.41 bits per heavy atom. The molecule has 1 N–H and O–H groups in total. The minimum Gasteiger partial charge on any atom is -0.370 e. The van der Waals surface area contributed by atoms with Crippen molar-refractivity contribution < 1.29 is 22.7 Å². The maximum Gasteiger partial charge on any atom is 0.411 e. The van der Waals surface area contributed by atoms with Crippen LogP contribution in [0.1, 0.15) is 20.3 Å². The molecule has 17 heavy (non-hydrogen) atoms. The van der Waals surface area contributed by atoms with Gasteiger partial charge in [0.1, 0.15) is 6.61 Å². The summed E-state index contributed by atoms with van der Waals surface area (Å²) < 4.78 is 39.4. The summed E-state index contributed by atoms with van der Waals surface area (Å²) >= 11 is 0. The molecular formula is C11H18F3NO2. The van der Waals surface area contributed by atoms with E-state index >= 15 is 0 Å². The van der Waals surface area contributed by atoms with E-state index in [4.69, 9.17) is 0 Å². The topological polar surface area (TPSA) is 38.3 Å². The first-order valence-corrected chi connectivity index (χ1v) is 5.33. The zero-order valence-electron chi connectivity index (χ0n) is 10.1. The van der Waals surface area contributed by atoms with Crippen LogP contribution in [0.2, 0.25) is 0 Å². The number of hydrogen-bond donors (Lipinski definition) is 1. The first-order valence-electron chi connectivity index (χ1n) is 5.33. The Kier molecular flexibility index (Phi) is 6.87. The van der Waals surface area contributed by atoms with Gasteiger partial charge in [-0.2, -0.15) is 13.2 Å². The molecule has 0 atom stereocenters. The third-order valence-corrected chi connectivity index (χ3v) is 1.77. The molecule has 6 heteroatoms. The standard InChI is InChI=1S/C11H18F3NO2/c1-8(2)6-9(3)10(16)15-4-5-17-7-11(12,13)14/h8H,3-7H2,1-2H3,(H,15,16). The molecule has 0 aromatic carbocycles. The van der Waals surface area contributed by atoms with E-state index in [-0.39, 0.29) is 19.1 Å². The highest BCUT2D eigenvalue weighted by atomic mass is 19.4. The van der Waals surface area contributed by atoms with Crippen molar-refractivity contribution in [2.75, 3.05) is 19.8 Å². The summed E-state index contributed by atoms with van der Waals surface area (Å²) in [5, 5.41) is 2.44. The molecule has 0 unspecified atom stereocenters. The molecule has 0 rings (SSSR count). The van der Waals surface area contributed by atoms with Crippen LogP contribution < -0.4 is 5.32 Å². The molecule has 0 aromatic heterocycles. The zero-order chi connectivity index (χ0) is 13.5. The summed E-state index contributed by atoms with van der Waals surface area (Å²) in [5.41, 5.74) is 0.427.